The lowest BCUT2D eigenvalue weighted by Crippen LogP contribution is -1.96. The molecule has 0 bridgehead atoms. The molecule has 0 amide bonds. The van der Waals surface area contributed by atoms with Crippen molar-refractivity contribution in [2.24, 2.45) is 0 Å². The molecule has 0 atom stereocenters. The van der Waals surface area contributed by atoms with Gasteiger partial charge in [-0.2, -0.15) is 0 Å². The predicted molar refractivity (Wildman–Crippen MR) is 191 cm³/mol. The van der Waals surface area contributed by atoms with Gasteiger partial charge in [-0.3, -0.25) is 0 Å². The third-order valence-corrected chi connectivity index (χ3v) is 9.70. The minimum atomic E-state index is 1.17. The van der Waals surface area contributed by atoms with Crippen LogP contribution in [0.4, 0.5) is 0 Å². The van der Waals surface area contributed by atoms with Gasteiger partial charge >= 0.3 is 0 Å². The number of rotatable bonds is 3. The highest BCUT2D eigenvalue weighted by Gasteiger charge is 2.25. The van der Waals surface area contributed by atoms with E-state index in [1.165, 1.54) is 93.5 Å². The largest absolute Gasteiger partial charge is 0.309 e. The third kappa shape index (κ3) is 3.50. The third-order valence-electron chi connectivity index (χ3n) is 9.70. The molecule has 1 aromatic heterocycles. The Morgan fingerprint density at radius 3 is 1.76 bits per heavy atom. The van der Waals surface area contributed by atoms with E-state index in [0.717, 1.165) is 0 Å². The van der Waals surface area contributed by atoms with Crippen LogP contribution in [0.1, 0.15) is 0 Å². The zero-order chi connectivity index (χ0) is 29.5. The summed E-state index contributed by atoms with van der Waals surface area (Å²) in [6, 6.07) is 60.3. The van der Waals surface area contributed by atoms with E-state index in [9.17, 15) is 0 Å². The quantitative estimate of drug-likeness (QED) is 0.199. The molecule has 0 N–H and O–H groups in total. The Morgan fingerprint density at radius 2 is 0.956 bits per heavy atom. The van der Waals surface area contributed by atoms with Crippen LogP contribution in [0.2, 0.25) is 0 Å². The fourth-order valence-corrected chi connectivity index (χ4v) is 7.77. The SMILES string of the molecule is c1ccc(-c2cc(-c3ccc4c5c(cccc35)-c3ccc5ccccc5c3-4)cc(-n3c4ccccc4c4ccccc43)c2)cc1. The number of nitrogens with zero attached hydrogens (tertiary/aromatic N) is 1. The molecule has 0 spiro atoms. The lowest BCUT2D eigenvalue weighted by molar-refractivity contribution is 1.18. The van der Waals surface area contributed by atoms with Crippen molar-refractivity contribution in [1.29, 1.82) is 0 Å². The predicted octanol–water partition coefficient (Wildman–Crippen LogP) is 12.1. The van der Waals surface area contributed by atoms with Crippen molar-refractivity contribution < 1.29 is 0 Å². The molecule has 45 heavy (non-hydrogen) atoms. The molecule has 1 heteroatoms. The van der Waals surface area contributed by atoms with Gasteiger partial charge in [0.2, 0.25) is 0 Å². The molecule has 10 rings (SSSR count). The van der Waals surface area contributed by atoms with Crippen LogP contribution in [0.3, 0.4) is 0 Å². The average molecular weight is 570 g/mol. The molecule has 9 aromatic rings. The van der Waals surface area contributed by atoms with Gasteiger partial charge in [0.05, 0.1) is 11.0 Å². The molecule has 1 nitrogen and oxygen atoms in total. The Hall–Kier alpha value is -5.92. The Bertz CT molecular complexity index is 2590. The van der Waals surface area contributed by atoms with Crippen LogP contribution in [0.5, 0.6) is 0 Å². The maximum atomic E-state index is 2.43. The van der Waals surface area contributed by atoms with Gasteiger partial charge in [-0.05, 0) is 96.4 Å². The molecule has 1 aliphatic rings. The maximum Gasteiger partial charge on any atom is 0.0541 e. The number of benzene rings is 8. The number of hydrogen-bond acceptors (Lipinski definition) is 0. The Morgan fingerprint density at radius 1 is 0.333 bits per heavy atom. The van der Waals surface area contributed by atoms with Crippen molar-refractivity contribution in [2.75, 3.05) is 0 Å². The molecule has 1 heterocycles. The first-order valence-corrected chi connectivity index (χ1v) is 15.6. The molecule has 1 aliphatic carbocycles. The van der Waals surface area contributed by atoms with E-state index in [0.29, 0.717) is 0 Å². The van der Waals surface area contributed by atoms with E-state index in [2.05, 4.69) is 168 Å². The molecular formula is C44H27N. The summed E-state index contributed by atoms with van der Waals surface area (Å²) in [5, 5.41) is 7.80. The van der Waals surface area contributed by atoms with Gasteiger partial charge < -0.3 is 4.57 Å². The zero-order valence-corrected chi connectivity index (χ0v) is 24.5. The lowest BCUT2D eigenvalue weighted by atomic mass is 9.91. The Balaban J connectivity index is 1.27. The molecule has 0 saturated heterocycles. The van der Waals surface area contributed by atoms with Crippen molar-refractivity contribution in [3.05, 3.63) is 164 Å². The molecule has 0 unspecified atom stereocenters. The van der Waals surface area contributed by atoms with Crippen LogP contribution >= 0.6 is 0 Å². The van der Waals surface area contributed by atoms with E-state index in [1.807, 2.05) is 0 Å². The Kier molecular flexibility index (Phi) is 5.06. The normalized spacial score (nSPS) is 12.0. The van der Waals surface area contributed by atoms with Crippen molar-refractivity contribution in [2.45, 2.75) is 0 Å². The standard InChI is InChI=1S/C44H27N/c1-2-11-28(12-3-1)30-25-31(27-32(26-30)45-41-19-8-6-15-35(41)36-16-7-9-20-42(36)45)33-23-24-40-43-34-14-5-4-13-29(34)21-22-39(43)38-18-10-17-37(33)44(38)40/h1-27H. The van der Waals surface area contributed by atoms with Gasteiger partial charge in [0.15, 0.2) is 0 Å². The first kappa shape index (κ1) is 24.5. The van der Waals surface area contributed by atoms with Crippen molar-refractivity contribution in [1.82, 2.24) is 4.57 Å². The molecule has 0 saturated carbocycles. The molecule has 208 valence electrons. The molecule has 0 aliphatic heterocycles. The van der Waals surface area contributed by atoms with Crippen LogP contribution in [0, 0.1) is 0 Å². The van der Waals surface area contributed by atoms with E-state index in [4.69, 9.17) is 0 Å². The van der Waals surface area contributed by atoms with Crippen LogP contribution in [-0.4, -0.2) is 4.57 Å². The van der Waals surface area contributed by atoms with Crippen molar-refractivity contribution in [3.63, 3.8) is 0 Å². The molecule has 0 radical (unpaired) electrons. The minimum Gasteiger partial charge on any atom is -0.309 e. The topological polar surface area (TPSA) is 4.93 Å². The molecular weight excluding hydrogens is 542 g/mol. The summed E-state index contributed by atoms with van der Waals surface area (Å²) in [7, 11) is 0. The van der Waals surface area contributed by atoms with Gasteiger partial charge in [-0.1, -0.05) is 133 Å². The minimum absolute atomic E-state index is 1.17. The zero-order valence-electron chi connectivity index (χ0n) is 24.5. The monoisotopic (exact) mass is 569 g/mol. The molecule has 0 fully saturated rings. The van der Waals surface area contributed by atoms with E-state index < -0.39 is 0 Å². The summed E-state index contributed by atoms with van der Waals surface area (Å²) in [6.45, 7) is 0. The van der Waals surface area contributed by atoms with Crippen LogP contribution in [-0.2, 0) is 0 Å². The van der Waals surface area contributed by atoms with Crippen LogP contribution in [0.25, 0.3) is 93.5 Å². The Labute approximate surface area is 261 Å². The van der Waals surface area contributed by atoms with Crippen molar-refractivity contribution >= 4 is 43.4 Å². The maximum absolute atomic E-state index is 2.43. The van der Waals surface area contributed by atoms with Crippen molar-refractivity contribution in [3.8, 4) is 50.2 Å². The van der Waals surface area contributed by atoms with Gasteiger partial charge in [0.1, 0.15) is 0 Å². The second-order valence-electron chi connectivity index (χ2n) is 12.1. The van der Waals surface area contributed by atoms with Crippen LogP contribution < -0.4 is 0 Å². The van der Waals surface area contributed by atoms with E-state index in [-0.39, 0.29) is 0 Å². The number of aromatic nitrogens is 1. The average Bonchev–Trinajstić information content (AvgIpc) is 3.63. The fraction of sp³-hybridized carbons (Fsp3) is 0. The smallest absolute Gasteiger partial charge is 0.0541 e. The first-order chi connectivity index (χ1) is 22.3. The number of hydrogen-bond donors (Lipinski definition) is 0. The number of para-hydroxylation sites is 2. The van der Waals surface area contributed by atoms with Gasteiger partial charge in [-0.25, -0.2) is 0 Å². The van der Waals surface area contributed by atoms with Crippen LogP contribution in [0.15, 0.2) is 164 Å². The summed E-state index contributed by atoms with van der Waals surface area (Å²) in [6.07, 6.45) is 0. The highest BCUT2D eigenvalue weighted by atomic mass is 15.0. The second kappa shape index (κ2) is 9.29. The highest BCUT2D eigenvalue weighted by molar-refractivity contribution is 6.23. The first-order valence-electron chi connectivity index (χ1n) is 15.6. The summed E-state index contributed by atoms with van der Waals surface area (Å²) in [4.78, 5) is 0. The van der Waals surface area contributed by atoms with E-state index in [1.54, 1.807) is 0 Å². The van der Waals surface area contributed by atoms with E-state index >= 15 is 0 Å². The summed E-state index contributed by atoms with van der Waals surface area (Å²) in [5.41, 5.74) is 13.9. The van der Waals surface area contributed by atoms with Gasteiger partial charge in [-0.15, -0.1) is 0 Å². The highest BCUT2D eigenvalue weighted by Crippen LogP contribution is 2.52. The van der Waals surface area contributed by atoms with Gasteiger partial charge in [0.25, 0.3) is 0 Å². The summed E-state index contributed by atoms with van der Waals surface area (Å²) >= 11 is 0. The fourth-order valence-electron chi connectivity index (χ4n) is 7.77. The second-order valence-corrected chi connectivity index (χ2v) is 12.1. The molecule has 8 aromatic carbocycles. The number of fused-ring (bicyclic) bond motifs is 8. The van der Waals surface area contributed by atoms with Gasteiger partial charge in [0, 0.05) is 16.5 Å². The summed E-state index contributed by atoms with van der Waals surface area (Å²) in [5.74, 6) is 0. The summed E-state index contributed by atoms with van der Waals surface area (Å²) < 4.78 is 2.43. The lowest BCUT2D eigenvalue weighted by Gasteiger charge is -2.16.